The largest absolute Gasteiger partial charge is 0.504 e. The molecule has 0 saturated carbocycles. The van der Waals surface area contributed by atoms with E-state index in [0.717, 1.165) is 15.9 Å². The summed E-state index contributed by atoms with van der Waals surface area (Å²) in [6, 6.07) is 19.5. The van der Waals surface area contributed by atoms with Crippen molar-refractivity contribution in [3.05, 3.63) is 77.3 Å². The standard InChI is InChI=1S/C22H20N2O4S2/c1-28-19-7-4-5-15(22(19)25)13-23-16-9-11-17(12-10-16)30(26,27)14-21-24-18-6-2-3-8-20(18)29-21/h2-12,23,25H,13-14H2,1H3. The molecule has 1 aromatic heterocycles. The van der Waals surface area contributed by atoms with Gasteiger partial charge in [-0.15, -0.1) is 11.3 Å². The minimum atomic E-state index is -3.50. The molecule has 0 saturated heterocycles. The van der Waals surface area contributed by atoms with Gasteiger partial charge in [0.2, 0.25) is 0 Å². The van der Waals surface area contributed by atoms with Gasteiger partial charge in [-0.3, -0.25) is 0 Å². The van der Waals surface area contributed by atoms with E-state index in [0.29, 0.717) is 22.9 Å². The molecule has 8 heteroatoms. The van der Waals surface area contributed by atoms with E-state index in [2.05, 4.69) is 10.3 Å². The van der Waals surface area contributed by atoms with Crippen molar-refractivity contribution in [3.63, 3.8) is 0 Å². The molecule has 154 valence electrons. The van der Waals surface area contributed by atoms with Crippen LogP contribution in [-0.2, 0) is 22.1 Å². The molecule has 30 heavy (non-hydrogen) atoms. The van der Waals surface area contributed by atoms with E-state index in [1.165, 1.54) is 18.4 Å². The lowest BCUT2D eigenvalue weighted by molar-refractivity contribution is 0.371. The van der Waals surface area contributed by atoms with Gasteiger partial charge in [-0.2, -0.15) is 0 Å². The van der Waals surface area contributed by atoms with Gasteiger partial charge >= 0.3 is 0 Å². The van der Waals surface area contributed by atoms with Gasteiger partial charge in [-0.05, 0) is 42.5 Å². The second-order valence-corrected chi connectivity index (χ2v) is 9.79. The van der Waals surface area contributed by atoms with Crippen LogP contribution < -0.4 is 10.1 Å². The topological polar surface area (TPSA) is 88.5 Å². The van der Waals surface area contributed by atoms with E-state index >= 15 is 0 Å². The molecular weight excluding hydrogens is 420 g/mol. The summed E-state index contributed by atoms with van der Waals surface area (Å²) < 4.78 is 31.7. The maximum atomic E-state index is 12.8. The highest BCUT2D eigenvalue weighted by atomic mass is 32.2. The van der Waals surface area contributed by atoms with Crippen molar-refractivity contribution >= 4 is 37.1 Å². The first-order valence-electron chi connectivity index (χ1n) is 9.22. The van der Waals surface area contributed by atoms with Crippen molar-refractivity contribution in [3.8, 4) is 11.5 Å². The molecule has 0 fully saturated rings. The normalized spacial score (nSPS) is 11.5. The van der Waals surface area contributed by atoms with Crippen LogP contribution in [0.5, 0.6) is 11.5 Å². The third kappa shape index (κ3) is 4.24. The zero-order valence-corrected chi connectivity index (χ0v) is 17.8. The number of benzene rings is 3. The minimum Gasteiger partial charge on any atom is -0.504 e. The number of phenolic OH excluding ortho intramolecular Hbond substituents is 1. The van der Waals surface area contributed by atoms with Crippen LogP contribution in [0, 0.1) is 0 Å². The summed E-state index contributed by atoms with van der Waals surface area (Å²) in [5.41, 5.74) is 2.24. The van der Waals surface area contributed by atoms with Gasteiger partial charge in [-0.1, -0.05) is 24.3 Å². The highest BCUT2D eigenvalue weighted by Crippen LogP contribution is 2.30. The predicted molar refractivity (Wildman–Crippen MR) is 119 cm³/mol. The molecule has 0 radical (unpaired) electrons. The third-order valence-electron chi connectivity index (χ3n) is 4.65. The van der Waals surface area contributed by atoms with Gasteiger partial charge in [-0.25, -0.2) is 13.4 Å². The molecule has 0 amide bonds. The van der Waals surface area contributed by atoms with Gasteiger partial charge in [0.1, 0.15) is 10.8 Å². The van der Waals surface area contributed by atoms with Crippen LogP contribution in [0.4, 0.5) is 5.69 Å². The molecule has 0 bridgehead atoms. The fourth-order valence-corrected chi connectivity index (χ4v) is 5.65. The Kier molecular flexibility index (Phi) is 5.61. The van der Waals surface area contributed by atoms with Crippen LogP contribution in [-0.4, -0.2) is 25.6 Å². The summed E-state index contributed by atoms with van der Waals surface area (Å²) in [6.07, 6.45) is 0. The Morgan fingerprint density at radius 2 is 1.80 bits per heavy atom. The fraction of sp³-hybridized carbons (Fsp3) is 0.136. The first kappa shape index (κ1) is 20.2. The number of methoxy groups -OCH3 is 1. The lowest BCUT2D eigenvalue weighted by Crippen LogP contribution is -2.05. The van der Waals surface area contributed by atoms with Crippen molar-refractivity contribution in [2.24, 2.45) is 0 Å². The number of sulfone groups is 1. The van der Waals surface area contributed by atoms with Gasteiger partial charge in [0, 0.05) is 17.8 Å². The molecular formula is C22H20N2O4S2. The number of hydrogen-bond acceptors (Lipinski definition) is 7. The maximum Gasteiger partial charge on any atom is 0.184 e. The molecule has 6 nitrogen and oxygen atoms in total. The smallest absolute Gasteiger partial charge is 0.184 e. The monoisotopic (exact) mass is 440 g/mol. The molecule has 3 aromatic carbocycles. The van der Waals surface area contributed by atoms with Crippen LogP contribution in [0.2, 0.25) is 0 Å². The summed E-state index contributed by atoms with van der Waals surface area (Å²) in [5.74, 6) is 0.365. The Morgan fingerprint density at radius 3 is 2.53 bits per heavy atom. The number of rotatable bonds is 7. The molecule has 0 aliphatic heterocycles. The van der Waals surface area contributed by atoms with E-state index in [4.69, 9.17) is 4.74 Å². The molecule has 4 rings (SSSR count). The Labute approximate surface area is 178 Å². The van der Waals surface area contributed by atoms with Crippen molar-refractivity contribution in [2.75, 3.05) is 12.4 Å². The number of aromatic nitrogens is 1. The summed E-state index contributed by atoms with van der Waals surface area (Å²) >= 11 is 1.40. The summed E-state index contributed by atoms with van der Waals surface area (Å²) in [4.78, 5) is 4.67. The van der Waals surface area contributed by atoms with Gasteiger partial charge in [0.05, 0.1) is 22.2 Å². The zero-order valence-electron chi connectivity index (χ0n) is 16.2. The molecule has 4 aromatic rings. The molecule has 0 atom stereocenters. The fourth-order valence-electron chi connectivity index (χ4n) is 3.08. The Balaban J connectivity index is 1.46. The SMILES string of the molecule is COc1cccc(CNc2ccc(S(=O)(=O)Cc3nc4ccccc4s3)cc2)c1O. The second kappa shape index (κ2) is 8.33. The van der Waals surface area contributed by atoms with Crippen LogP contribution in [0.15, 0.2) is 71.6 Å². The molecule has 0 spiro atoms. The Bertz CT molecular complexity index is 1250. The number of fused-ring (bicyclic) bond motifs is 1. The zero-order chi connectivity index (χ0) is 21.1. The number of nitrogens with zero attached hydrogens (tertiary/aromatic N) is 1. The first-order chi connectivity index (χ1) is 14.5. The summed E-state index contributed by atoms with van der Waals surface area (Å²) in [6.45, 7) is 0.376. The van der Waals surface area contributed by atoms with Crippen molar-refractivity contribution in [1.82, 2.24) is 4.98 Å². The van der Waals surface area contributed by atoms with E-state index in [1.807, 2.05) is 24.3 Å². The Hall–Kier alpha value is -3.10. The molecule has 0 aliphatic carbocycles. The van der Waals surface area contributed by atoms with Gasteiger partial charge in [0.25, 0.3) is 0 Å². The average molecular weight is 441 g/mol. The van der Waals surface area contributed by atoms with Crippen molar-refractivity contribution in [2.45, 2.75) is 17.2 Å². The number of hydrogen-bond donors (Lipinski definition) is 2. The lowest BCUT2D eigenvalue weighted by Gasteiger charge is -2.11. The van der Waals surface area contributed by atoms with Gasteiger partial charge < -0.3 is 15.2 Å². The van der Waals surface area contributed by atoms with Gasteiger partial charge in [0.15, 0.2) is 21.3 Å². The van der Waals surface area contributed by atoms with E-state index in [9.17, 15) is 13.5 Å². The third-order valence-corrected chi connectivity index (χ3v) is 7.51. The number of thiazole rings is 1. The highest BCUT2D eigenvalue weighted by Gasteiger charge is 2.18. The van der Waals surface area contributed by atoms with Crippen LogP contribution in [0.1, 0.15) is 10.6 Å². The predicted octanol–water partition coefficient (Wildman–Crippen LogP) is 4.60. The second-order valence-electron chi connectivity index (χ2n) is 6.68. The number of nitrogens with one attached hydrogen (secondary N) is 1. The lowest BCUT2D eigenvalue weighted by atomic mass is 10.2. The molecule has 0 unspecified atom stereocenters. The number of anilines is 1. The van der Waals surface area contributed by atoms with E-state index in [-0.39, 0.29) is 16.4 Å². The number of ether oxygens (including phenoxy) is 1. The Morgan fingerprint density at radius 1 is 1.03 bits per heavy atom. The molecule has 2 N–H and O–H groups in total. The summed E-state index contributed by atoms with van der Waals surface area (Å²) in [5, 5.41) is 13.9. The number of phenols is 1. The van der Waals surface area contributed by atoms with Crippen LogP contribution >= 0.6 is 11.3 Å². The van der Waals surface area contributed by atoms with Crippen LogP contribution in [0.3, 0.4) is 0 Å². The van der Waals surface area contributed by atoms with Crippen molar-refractivity contribution in [1.29, 1.82) is 0 Å². The number of para-hydroxylation sites is 2. The maximum absolute atomic E-state index is 12.8. The molecule has 0 aliphatic rings. The summed E-state index contributed by atoms with van der Waals surface area (Å²) in [7, 11) is -2.00. The highest BCUT2D eigenvalue weighted by molar-refractivity contribution is 7.90. The quantitative estimate of drug-likeness (QED) is 0.437. The number of aromatic hydroxyl groups is 1. The van der Waals surface area contributed by atoms with E-state index in [1.54, 1.807) is 42.5 Å². The first-order valence-corrected chi connectivity index (χ1v) is 11.7. The van der Waals surface area contributed by atoms with Crippen LogP contribution in [0.25, 0.3) is 10.2 Å². The van der Waals surface area contributed by atoms with Crippen molar-refractivity contribution < 1.29 is 18.3 Å². The minimum absolute atomic E-state index is 0.0857. The van der Waals surface area contributed by atoms with E-state index < -0.39 is 9.84 Å². The average Bonchev–Trinajstić information content (AvgIpc) is 3.15. The molecule has 1 heterocycles.